The first-order valence-corrected chi connectivity index (χ1v) is 7.10. The summed E-state index contributed by atoms with van der Waals surface area (Å²) in [4.78, 5) is 14.5. The normalized spacial score (nSPS) is 12.4. The monoisotopic (exact) mass is 373 g/mol. The van der Waals surface area contributed by atoms with Gasteiger partial charge in [0.1, 0.15) is 0 Å². The van der Waals surface area contributed by atoms with E-state index in [-0.39, 0.29) is 22.4 Å². The maximum absolute atomic E-state index is 13.3. The summed E-state index contributed by atoms with van der Waals surface area (Å²) in [5.74, 6) is -3.45. The molecule has 0 saturated heterocycles. The molecule has 0 aliphatic heterocycles. The predicted molar refractivity (Wildman–Crippen MR) is 80.8 cm³/mol. The molecular weight excluding hydrogens is 364 g/mol. The van der Waals surface area contributed by atoms with Crippen LogP contribution in [0.5, 0.6) is 0 Å². The average molecular weight is 373 g/mol. The zero-order valence-electron chi connectivity index (χ0n) is 12.7. The fourth-order valence-electron chi connectivity index (χ4n) is 2.39. The number of alkyl halides is 6. The lowest BCUT2D eigenvalue weighted by Gasteiger charge is -2.11. The van der Waals surface area contributed by atoms with E-state index >= 15 is 0 Å². The Morgan fingerprint density at radius 2 is 1.62 bits per heavy atom. The minimum Gasteiger partial charge on any atom is -0.318 e. The summed E-state index contributed by atoms with van der Waals surface area (Å²) < 4.78 is 77.8. The number of benzene rings is 2. The molecule has 0 radical (unpaired) electrons. The van der Waals surface area contributed by atoms with Gasteiger partial charge in [0, 0.05) is 11.4 Å². The SMILES string of the molecule is O=C(Nc1ccc2c(c1)nc(C(F)(F)F)n2-c1ccccc1)C(F)(F)F. The molecule has 1 amide bonds. The topological polar surface area (TPSA) is 46.9 Å². The number of aromatic nitrogens is 2. The smallest absolute Gasteiger partial charge is 0.318 e. The zero-order valence-corrected chi connectivity index (χ0v) is 12.7. The van der Waals surface area contributed by atoms with E-state index in [1.54, 1.807) is 23.5 Å². The second-order valence-corrected chi connectivity index (χ2v) is 5.26. The Balaban J connectivity index is 2.14. The van der Waals surface area contributed by atoms with Gasteiger partial charge in [-0.1, -0.05) is 18.2 Å². The Labute approximate surface area is 142 Å². The number of imidazole rings is 1. The summed E-state index contributed by atoms with van der Waals surface area (Å²) in [5.41, 5.74) is -0.296. The van der Waals surface area contributed by atoms with Crippen molar-refractivity contribution in [2.75, 3.05) is 5.32 Å². The van der Waals surface area contributed by atoms with E-state index < -0.39 is 24.1 Å². The van der Waals surface area contributed by atoms with Crippen molar-refractivity contribution >= 4 is 22.6 Å². The van der Waals surface area contributed by atoms with E-state index in [4.69, 9.17) is 0 Å². The van der Waals surface area contributed by atoms with Crippen molar-refractivity contribution in [1.82, 2.24) is 9.55 Å². The van der Waals surface area contributed by atoms with Crippen LogP contribution in [0.25, 0.3) is 16.7 Å². The first kappa shape index (κ1) is 17.8. The van der Waals surface area contributed by atoms with Crippen molar-refractivity contribution in [1.29, 1.82) is 0 Å². The molecule has 4 nitrogen and oxygen atoms in total. The van der Waals surface area contributed by atoms with Gasteiger partial charge in [0.15, 0.2) is 0 Å². The van der Waals surface area contributed by atoms with Crippen LogP contribution in [-0.2, 0) is 11.0 Å². The van der Waals surface area contributed by atoms with Crippen LogP contribution in [0, 0.1) is 0 Å². The van der Waals surface area contributed by atoms with Gasteiger partial charge in [-0.2, -0.15) is 26.3 Å². The van der Waals surface area contributed by atoms with Gasteiger partial charge < -0.3 is 5.32 Å². The van der Waals surface area contributed by atoms with Gasteiger partial charge in [0.25, 0.3) is 0 Å². The number of carbonyl (C=O) groups excluding carboxylic acids is 1. The number of nitrogens with one attached hydrogen (secondary N) is 1. The van der Waals surface area contributed by atoms with E-state index in [0.717, 1.165) is 22.8 Å². The number of nitrogens with zero attached hydrogens (tertiary/aromatic N) is 2. The summed E-state index contributed by atoms with van der Waals surface area (Å²) in [6.07, 6.45) is -9.90. The molecule has 26 heavy (non-hydrogen) atoms. The Hall–Kier alpha value is -3.04. The maximum atomic E-state index is 13.3. The fourth-order valence-corrected chi connectivity index (χ4v) is 2.39. The minimum absolute atomic E-state index is 0.0357. The standard InChI is InChI=1S/C16H9F6N3O/c17-15(18,19)13-24-11-8-9(23-14(26)16(20,21)22)6-7-12(11)25(13)10-4-2-1-3-5-10/h1-8H,(H,23,26). The van der Waals surface area contributed by atoms with Gasteiger partial charge >= 0.3 is 18.3 Å². The number of fused-ring (bicyclic) bond motifs is 1. The summed E-state index contributed by atoms with van der Waals surface area (Å²) in [6.45, 7) is 0. The van der Waals surface area contributed by atoms with Crippen molar-refractivity contribution < 1.29 is 31.1 Å². The molecule has 1 heterocycles. The van der Waals surface area contributed by atoms with Crippen LogP contribution < -0.4 is 5.32 Å². The molecular formula is C16H9F6N3O. The Morgan fingerprint density at radius 3 is 2.19 bits per heavy atom. The summed E-state index contributed by atoms with van der Waals surface area (Å²) >= 11 is 0. The lowest BCUT2D eigenvalue weighted by Crippen LogP contribution is -2.29. The molecule has 0 aliphatic carbocycles. The molecule has 136 valence electrons. The first-order chi connectivity index (χ1) is 12.1. The van der Waals surface area contributed by atoms with Crippen LogP contribution in [-0.4, -0.2) is 21.6 Å². The fraction of sp³-hybridized carbons (Fsp3) is 0.125. The highest BCUT2D eigenvalue weighted by molar-refractivity contribution is 5.96. The third-order valence-electron chi connectivity index (χ3n) is 3.44. The molecule has 3 aromatic rings. The Kier molecular flexibility index (Phi) is 4.13. The molecule has 0 spiro atoms. The highest BCUT2D eigenvalue weighted by atomic mass is 19.4. The average Bonchev–Trinajstić information content (AvgIpc) is 2.93. The van der Waals surface area contributed by atoms with Gasteiger partial charge in [0.05, 0.1) is 11.0 Å². The van der Waals surface area contributed by atoms with Gasteiger partial charge in [-0.15, -0.1) is 0 Å². The Morgan fingerprint density at radius 1 is 0.962 bits per heavy atom. The lowest BCUT2D eigenvalue weighted by molar-refractivity contribution is -0.167. The second-order valence-electron chi connectivity index (χ2n) is 5.26. The maximum Gasteiger partial charge on any atom is 0.471 e. The summed E-state index contributed by atoms with van der Waals surface area (Å²) in [7, 11) is 0. The highest BCUT2D eigenvalue weighted by Crippen LogP contribution is 2.34. The zero-order chi connectivity index (χ0) is 19.1. The molecule has 3 rings (SSSR count). The van der Waals surface area contributed by atoms with Crippen LogP contribution in [0.2, 0.25) is 0 Å². The van der Waals surface area contributed by atoms with E-state index in [0.29, 0.717) is 0 Å². The molecule has 0 bridgehead atoms. The quantitative estimate of drug-likeness (QED) is 0.671. The van der Waals surface area contributed by atoms with E-state index in [1.165, 1.54) is 12.1 Å². The minimum atomic E-state index is -5.12. The summed E-state index contributed by atoms with van der Waals surface area (Å²) in [5, 5.41) is 1.59. The van der Waals surface area contributed by atoms with Crippen LogP contribution in [0.1, 0.15) is 5.82 Å². The van der Waals surface area contributed by atoms with E-state index in [1.807, 2.05) is 0 Å². The van der Waals surface area contributed by atoms with Crippen LogP contribution in [0.3, 0.4) is 0 Å². The second kappa shape index (κ2) is 6.04. The molecule has 0 saturated carbocycles. The number of anilines is 1. The number of amides is 1. The number of hydrogen-bond donors (Lipinski definition) is 1. The summed E-state index contributed by atoms with van der Waals surface area (Å²) in [6, 6.07) is 10.8. The van der Waals surface area contributed by atoms with Gasteiger partial charge in [0.2, 0.25) is 5.82 Å². The molecule has 1 N–H and O–H groups in total. The van der Waals surface area contributed by atoms with Crippen molar-refractivity contribution in [3.63, 3.8) is 0 Å². The number of para-hydroxylation sites is 1. The predicted octanol–water partition coefficient (Wildman–Crippen LogP) is 4.55. The largest absolute Gasteiger partial charge is 0.471 e. The van der Waals surface area contributed by atoms with Crippen LogP contribution >= 0.6 is 0 Å². The van der Waals surface area contributed by atoms with Crippen molar-refractivity contribution in [2.24, 2.45) is 0 Å². The Bertz CT molecular complexity index is 960. The van der Waals surface area contributed by atoms with Gasteiger partial charge in [-0.3, -0.25) is 9.36 Å². The van der Waals surface area contributed by atoms with E-state index in [2.05, 4.69) is 4.98 Å². The van der Waals surface area contributed by atoms with Crippen LogP contribution in [0.4, 0.5) is 32.0 Å². The first-order valence-electron chi connectivity index (χ1n) is 7.10. The molecule has 10 heteroatoms. The van der Waals surface area contributed by atoms with Gasteiger partial charge in [-0.05, 0) is 30.3 Å². The number of halogens is 6. The number of rotatable bonds is 2. The third-order valence-corrected chi connectivity index (χ3v) is 3.44. The third kappa shape index (κ3) is 3.35. The van der Waals surface area contributed by atoms with Gasteiger partial charge in [-0.25, -0.2) is 4.98 Å². The lowest BCUT2D eigenvalue weighted by atomic mass is 10.2. The van der Waals surface area contributed by atoms with E-state index in [9.17, 15) is 31.1 Å². The number of carbonyl (C=O) groups is 1. The molecule has 0 aliphatic rings. The van der Waals surface area contributed by atoms with Crippen molar-refractivity contribution in [2.45, 2.75) is 12.4 Å². The van der Waals surface area contributed by atoms with Crippen molar-refractivity contribution in [3.05, 3.63) is 54.4 Å². The molecule has 0 unspecified atom stereocenters. The number of hydrogen-bond acceptors (Lipinski definition) is 2. The molecule has 0 fully saturated rings. The van der Waals surface area contributed by atoms with Crippen molar-refractivity contribution in [3.8, 4) is 5.69 Å². The molecule has 1 aromatic heterocycles. The van der Waals surface area contributed by atoms with Crippen LogP contribution in [0.15, 0.2) is 48.5 Å². The molecule has 0 atom stereocenters. The highest BCUT2D eigenvalue weighted by Gasteiger charge is 2.39. The molecule has 2 aromatic carbocycles.